The van der Waals surface area contributed by atoms with Gasteiger partial charge in [0.05, 0.1) is 12.0 Å². The summed E-state index contributed by atoms with van der Waals surface area (Å²) in [5.41, 5.74) is 0.0283. The molecule has 0 fully saturated rings. The molecular formula is C14H17ClNO4-. The van der Waals surface area contributed by atoms with Crippen LogP contribution in [0.2, 0.25) is 5.02 Å². The predicted octanol–water partition coefficient (Wildman–Crippen LogP) is 1.53. The van der Waals surface area contributed by atoms with Crippen LogP contribution in [0.3, 0.4) is 0 Å². The van der Waals surface area contributed by atoms with Gasteiger partial charge in [-0.25, -0.2) is 4.79 Å². The summed E-state index contributed by atoms with van der Waals surface area (Å²) in [7, 11) is 0. The van der Waals surface area contributed by atoms with Gasteiger partial charge in [0.2, 0.25) is 0 Å². The molecule has 1 aromatic rings. The summed E-state index contributed by atoms with van der Waals surface area (Å²) in [6.45, 7) is 5.08. The number of hydrogen-bond acceptors (Lipinski definition) is 4. The maximum absolute atomic E-state index is 11.6. The number of amides is 1. The summed E-state index contributed by atoms with van der Waals surface area (Å²) in [5, 5.41) is 13.9. The third-order valence-electron chi connectivity index (χ3n) is 2.33. The van der Waals surface area contributed by atoms with Gasteiger partial charge in [-0.2, -0.15) is 0 Å². The maximum atomic E-state index is 11.6. The average Bonchev–Trinajstić information content (AvgIpc) is 2.28. The van der Waals surface area contributed by atoms with Gasteiger partial charge in [0, 0.05) is 5.02 Å². The largest absolute Gasteiger partial charge is 0.548 e. The Balaban J connectivity index is 2.68. The number of ether oxygens (including phenoxy) is 1. The number of aliphatic carboxylic acids is 1. The van der Waals surface area contributed by atoms with E-state index in [1.54, 1.807) is 45.0 Å². The van der Waals surface area contributed by atoms with E-state index in [1.165, 1.54) is 0 Å². The molecule has 1 rings (SSSR count). The highest BCUT2D eigenvalue weighted by molar-refractivity contribution is 6.30. The number of carboxylic acid groups (broad SMARTS) is 1. The Morgan fingerprint density at radius 1 is 1.30 bits per heavy atom. The lowest BCUT2D eigenvalue weighted by Gasteiger charge is -2.24. The van der Waals surface area contributed by atoms with Crippen LogP contribution >= 0.6 is 11.6 Å². The third kappa shape index (κ3) is 5.93. The molecule has 1 aromatic carbocycles. The molecule has 0 aliphatic rings. The molecule has 1 amide bonds. The topological polar surface area (TPSA) is 78.5 Å². The fourth-order valence-electron chi connectivity index (χ4n) is 1.50. The summed E-state index contributed by atoms with van der Waals surface area (Å²) in [5.74, 6) is -1.37. The Labute approximate surface area is 122 Å². The summed E-state index contributed by atoms with van der Waals surface area (Å²) in [4.78, 5) is 22.6. The molecule has 0 heterocycles. The average molecular weight is 299 g/mol. The molecule has 0 aromatic heterocycles. The molecule has 1 atom stereocenters. The van der Waals surface area contributed by atoms with E-state index in [2.05, 4.69) is 5.32 Å². The second-order valence-electron chi connectivity index (χ2n) is 5.35. The van der Waals surface area contributed by atoms with Crippen LogP contribution in [0.1, 0.15) is 26.3 Å². The first kappa shape index (κ1) is 16.3. The highest BCUT2D eigenvalue weighted by atomic mass is 35.5. The Hall–Kier alpha value is -1.75. The van der Waals surface area contributed by atoms with Crippen LogP contribution in [0.5, 0.6) is 0 Å². The number of carboxylic acids is 1. The molecule has 0 unspecified atom stereocenters. The van der Waals surface area contributed by atoms with Crippen LogP contribution in [0.15, 0.2) is 24.3 Å². The molecule has 0 bridgehead atoms. The van der Waals surface area contributed by atoms with Gasteiger partial charge < -0.3 is 20.0 Å². The van der Waals surface area contributed by atoms with Crippen molar-refractivity contribution in [3.05, 3.63) is 34.9 Å². The SMILES string of the molecule is CC(C)(C)OC(=O)N[C@@H](Cc1ccc(Cl)cc1)C(=O)[O-]. The van der Waals surface area contributed by atoms with Crippen molar-refractivity contribution in [2.45, 2.75) is 38.8 Å². The Kier molecular flexibility index (Phi) is 5.39. The normalized spacial score (nSPS) is 12.6. The molecule has 0 aliphatic carbocycles. The van der Waals surface area contributed by atoms with Crippen LogP contribution in [0, 0.1) is 0 Å². The van der Waals surface area contributed by atoms with Crippen LogP contribution < -0.4 is 10.4 Å². The van der Waals surface area contributed by atoms with E-state index in [9.17, 15) is 14.7 Å². The molecule has 0 saturated carbocycles. The monoisotopic (exact) mass is 298 g/mol. The molecule has 110 valence electrons. The second-order valence-corrected chi connectivity index (χ2v) is 5.78. The van der Waals surface area contributed by atoms with Crippen molar-refractivity contribution >= 4 is 23.7 Å². The highest BCUT2D eigenvalue weighted by Crippen LogP contribution is 2.12. The smallest absolute Gasteiger partial charge is 0.408 e. The summed E-state index contributed by atoms with van der Waals surface area (Å²) < 4.78 is 5.01. The molecule has 0 radical (unpaired) electrons. The number of halogens is 1. The van der Waals surface area contributed by atoms with Crippen molar-refractivity contribution in [3.63, 3.8) is 0 Å². The minimum atomic E-state index is -1.37. The number of nitrogens with one attached hydrogen (secondary N) is 1. The van der Waals surface area contributed by atoms with E-state index in [-0.39, 0.29) is 6.42 Å². The van der Waals surface area contributed by atoms with Gasteiger partial charge in [-0.3, -0.25) is 0 Å². The van der Waals surface area contributed by atoms with Gasteiger partial charge in [-0.1, -0.05) is 23.7 Å². The Bertz CT molecular complexity index is 479. The van der Waals surface area contributed by atoms with Crippen LogP contribution in [-0.2, 0) is 16.0 Å². The van der Waals surface area contributed by atoms with Crippen molar-refractivity contribution < 1.29 is 19.4 Å². The summed E-state index contributed by atoms with van der Waals surface area (Å²) in [6, 6.07) is 5.52. The molecule has 0 aliphatic heterocycles. The number of carbonyl (C=O) groups is 2. The predicted molar refractivity (Wildman–Crippen MR) is 73.3 cm³/mol. The third-order valence-corrected chi connectivity index (χ3v) is 2.58. The second kappa shape index (κ2) is 6.61. The molecular weight excluding hydrogens is 282 g/mol. The molecule has 6 heteroatoms. The van der Waals surface area contributed by atoms with Gasteiger partial charge in [0.1, 0.15) is 5.60 Å². The lowest BCUT2D eigenvalue weighted by molar-refractivity contribution is -0.308. The Morgan fingerprint density at radius 3 is 2.30 bits per heavy atom. The van der Waals surface area contributed by atoms with Crippen LogP contribution in [0.4, 0.5) is 4.79 Å². The molecule has 0 saturated heterocycles. The number of benzene rings is 1. The van der Waals surface area contributed by atoms with Crippen molar-refractivity contribution in [2.75, 3.05) is 0 Å². The Morgan fingerprint density at radius 2 is 1.85 bits per heavy atom. The van der Waals surface area contributed by atoms with E-state index in [1.807, 2.05) is 0 Å². The van der Waals surface area contributed by atoms with Crippen molar-refractivity contribution in [1.82, 2.24) is 5.32 Å². The van der Waals surface area contributed by atoms with Gasteiger partial charge in [-0.15, -0.1) is 0 Å². The number of alkyl carbamates (subject to hydrolysis) is 1. The van der Waals surface area contributed by atoms with Crippen molar-refractivity contribution in [3.8, 4) is 0 Å². The number of rotatable bonds is 4. The zero-order valence-corrected chi connectivity index (χ0v) is 12.4. The fourth-order valence-corrected chi connectivity index (χ4v) is 1.63. The summed E-state index contributed by atoms with van der Waals surface area (Å²) in [6.07, 6.45) is -0.695. The standard InChI is InChI=1S/C14H18ClNO4/c1-14(2,3)20-13(19)16-11(12(17)18)8-9-4-6-10(15)7-5-9/h4-7,11H,8H2,1-3H3,(H,16,19)(H,17,18)/p-1/t11-/m0/s1. The quantitative estimate of drug-likeness (QED) is 0.914. The zero-order valence-electron chi connectivity index (χ0n) is 11.6. The lowest BCUT2D eigenvalue weighted by Crippen LogP contribution is -2.50. The lowest BCUT2D eigenvalue weighted by atomic mass is 10.1. The minimum Gasteiger partial charge on any atom is -0.548 e. The zero-order chi connectivity index (χ0) is 15.3. The number of hydrogen-bond donors (Lipinski definition) is 1. The van der Waals surface area contributed by atoms with Crippen molar-refractivity contribution in [2.24, 2.45) is 0 Å². The molecule has 1 N–H and O–H groups in total. The maximum Gasteiger partial charge on any atom is 0.408 e. The van der Waals surface area contributed by atoms with Gasteiger partial charge in [-0.05, 0) is 44.9 Å². The fraction of sp³-hybridized carbons (Fsp3) is 0.429. The van der Waals surface area contributed by atoms with Gasteiger partial charge in [0.15, 0.2) is 0 Å². The highest BCUT2D eigenvalue weighted by Gasteiger charge is 2.20. The minimum absolute atomic E-state index is 0.0960. The summed E-state index contributed by atoms with van der Waals surface area (Å²) >= 11 is 5.75. The first-order chi connectivity index (χ1) is 9.17. The van der Waals surface area contributed by atoms with Gasteiger partial charge >= 0.3 is 6.09 Å². The molecule has 0 spiro atoms. The first-order valence-corrected chi connectivity index (χ1v) is 6.50. The van der Waals surface area contributed by atoms with Crippen molar-refractivity contribution in [1.29, 1.82) is 0 Å². The van der Waals surface area contributed by atoms with Crippen LogP contribution in [0.25, 0.3) is 0 Å². The van der Waals surface area contributed by atoms with E-state index in [4.69, 9.17) is 16.3 Å². The van der Waals surface area contributed by atoms with E-state index in [0.717, 1.165) is 5.56 Å². The molecule has 5 nitrogen and oxygen atoms in total. The van der Waals surface area contributed by atoms with E-state index in [0.29, 0.717) is 5.02 Å². The van der Waals surface area contributed by atoms with Gasteiger partial charge in [0.25, 0.3) is 0 Å². The first-order valence-electron chi connectivity index (χ1n) is 6.12. The van der Waals surface area contributed by atoms with E-state index < -0.39 is 23.7 Å². The van der Waals surface area contributed by atoms with Crippen LogP contribution in [-0.4, -0.2) is 23.7 Å². The van der Waals surface area contributed by atoms with E-state index >= 15 is 0 Å². The number of carbonyl (C=O) groups excluding carboxylic acids is 2. The molecule has 20 heavy (non-hydrogen) atoms.